The first-order valence-electron chi connectivity index (χ1n) is 9.18. The SMILES string of the molecule is CC(C)c1cccc(C(C)C)c1NC(=O)/C=C/c1ccc(N(C)C)cc1. The van der Waals surface area contributed by atoms with Crippen LogP contribution in [0.15, 0.2) is 48.5 Å². The summed E-state index contributed by atoms with van der Waals surface area (Å²) >= 11 is 0. The Morgan fingerprint density at radius 3 is 1.92 bits per heavy atom. The first-order chi connectivity index (χ1) is 12.3. The second-order valence-electron chi connectivity index (χ2n) is 7.43. The molecule has 3 nitrogen and oxygen atoms in total. The minimum absolute atomic E-state index is 0.100. The smallest absolute Gasteiger partial charge is 0.248 e. The number of hydrogen-bond donors (Lipinski definition) is 1. The molecule has 0 unspecified atom stereocenters. The number of carbonyl (C=O) groups is 1. The van der Waals surface area contributed by atoms with Crippen LogP contribution in [-0.2, 0) is 4.79 Å². The van der Waals surface area contributed by atoms with Gasteiger partial charge >= 0.3 is 0 Å². The molecule has 0 heterocycles. The van der Waals surface area contributed by atoms with E-state index in [0.717, 1.165) is 16.9 Å². The fourth-order valence-corrected chi connectivity index (χ4v) is 2.92. The molecule has 0 fully saturated rings. The highest BCUT2D eigenvalue weighted by Crippen LogP contribution is 2.32. The van der Waals surface area contributed by atoms with Gasteiger partial charge in [0.15, 0.2) is 0 Å². The summed E-state index contributed by atoms with van der Waals surface area (Å²) < 4.78 is 0. The van der Waals surface area contributed by atoms with E-state index in [1.54, 1.807) is 6.08 Å². The summed E-state index contributed by atoms with van der Waals surface area (Å²) in [5.41, 5.74) is 5.45. The topological polar surface area (TPSA) is 32.3 Å². The molecule has 0 radical (unpaired) electrons. The number of nitrogens with one attached hydrogen (secondary N) is 1. The van der Waals surface area contributed by atoms with Gasteiger partial charge in [-0.3, -0.25) is 4.79 Å². The van der Waals surface area contributed by atoms with Crippen LogP contribution in [0.4, 0.5) is 11.4 Å². The molecule has 0 aliphatic heterocycles. The zero-order valence-corrected chi connectivity index (χ0v) is 16.7. The number of nitrogens with zero attached hydrogens (tertiary/aromatic N) is 1. The van der Waals surface area contributed by atoms with E-state index in [1.165, 1.54) is 11.1 Å². The monoisotopic (exact) mass is 350 g/mol. The number of carbonyl (C=O) groups excluding carboxylic acids is 1. The van der Waals surface area contributed by atoms with Gasteiger partial charge in [0.1, 0.15) is 0 Å². The molecular weight excluding hydrogens is 320 g/mol. The van der Waals surface area contributed by atoms with Gasteiger partial charge in [-0.25, -0.2) is 0 Å². The van der Waals surface area contributed by atoms with Gasteiger partial charge in [0.25, 0.3) is 0 Å². The molecule has 1 amide bonds. The minimum Gasteiger partial charge on any atom is -0.378 e. The molecule has 2 aromatic carbocycles. The van der Waals surface area contributed by atoms with Crippen LogP contribution in [0.3, 0.4) is 0 Å². The third-order valence-electron chi connectivity index (χ3n) is 4.46. The van der Waals surface area contributed by atoms with E-state index < -0.39 is 0 Å². The van der Waals surface area contributed by atoms with Crippen molar-refractivity contribution in [3.8, 4) is 0 Å². The van der Waals surface area contributed by atoms with Gasteiger partial charge in [0.2, 0.25) is 5.91 Å². The van der Waals surface area contributed by atoms with Crippen LogP contribution in [0, 0.1) is 0 Å². The van der Waals surface area contributed by atoms with Crippen molar-refractivity contribution in [1.82, 2.24) is 0 Å². The predicted molar refractivity (Wildman–Crippen MR) is 113 cm³/mol. The number of benzene rings is 2. The van der Waals surface area contributed by atoms with Crippen molar-refractivity contribution in [3.63, 3.8) is 0 Å². The van der Waals surface area contributed by atoms with Crippen molar-refractivity contribution < 1.29 is 4.79 Å². The van der Waals surface area contributed by atoms with Gasteiger partial charge in [0.05, 0.1) is 0 Å². The highest BCUT2D eigenvalue weighted by atomic mass is 16.1. The lowest BCUT2D eigenvalue weighted by atomic mass is 9.92. The van der Waals surface area contributed by atoms with Crippen molar-refractivity contribution in [2.45, 2.75) is 39.5 Å². The molecular formula is C23H30N2O. The average Bonchev–Trinajstić information content (AvgIpc) is 2.60. The Morgan fingerprint density at radius 1 is 0.923 bits per heavy atom. The van der Waals surface area contributed by atoms with Crippen LogP contribution >= 0.6 is 0 Å². The molecule has 0 saturated heterocycles. The van der Waals surface area contributed by atoms with Crippen LogP contribution in [0.1, 0.15) is 56.2 Å². The maximum absolute atomic E-state index is 12.5. The summed E-state index contributed by atoms with van der Waals surface area (Å²) in [6.45, 7) is 8.60. The molecule has 2 rings (SSSR count). The maximum atomic E-state index is 12.5. The summed E-state index contributed by atoms with van der Waals surface area (Å²) in [5.74, 6) is 0.606. The molecule has 0 spiro atoms. The summed E-state index contributed by atoms with van der Waals surface area (Å²) in [6, 6.07) is 14.4. The second kappa shape index (κ2) is 8.70. The Bertz CT molecular complexity index is 745. The third kappa shape index (κ3) is 4.98. The Balaban J connectivity index is 2.19. The number of anilines is 2. The zero-order valence-electron chi connectivity index (χ0n) is 16.7. The molecule has 138 valence electrons. The Labute approximate surface area is 157 Å². The Kier molecular flexibility index (Phi) is 6.62. The lowest BCUT2D eigenvalue weighted by molar-refractivity contribution is -0.111. The highest BCUT2D eigenvalue weighted by Gasteiger charge is 2.14. The lowest BCUT2D eigenvalue weighted by Gasteiger charge is -2.19. The highest BCUT2D eigenvalue weighted by molar-refractivity contribution is 6.03. The lowest BCUT2D eigenvalue weighted by Crippen LogP contribution is -2.13. The van der Waals surface area contributed by atoms with Crippen LogP contribution in [0.2, 0.25) is 0 Å². The van der Waals surface area contributed by atoms with Gasteiger partial charge in [-0.05, 0) is 46.7 Å². The molecule has 0 bridgehead atoms. The summed E-state index contributed by atoms with van der Waals surface area (Å²) in [4.78, 5) is 14.6. The fourth-order valence-electron chi connectivity index (χ4n) is 2.92. The van der Waals surface area contributed by atoms with Crippen molar-refractivity contribution in [2.24, 2.45) is 0 Å². The largest absolute Gasteiger partial charge is 0.378 e. The van der Waals surface area contributed by atoms with E-state index in [2.05, 4.69) is 56.1 Å². The number of rotatable bonds is 6. The molecule has 0 aliphatic rings. The summed E-state index contributed by atoms with van der Waals surface area (Å²) in [7, 11) is 4.02. The minimum atomic E-state index is -0.100. The molecule has 3 heteroatoms. The quantitative estimate of drug-likeness (QED) is 0.683. The summed E-state index contributed by atoms with van der Waals surface area (Å²) in [6.07, 6.45) is 3.45. The van der Waals surface area contributed by atoms with Crippen LogP contribution in [0.25, 0.3) is 6.08 Å². The van der Waals surface area contributed by atoms with Crippen LogP contribution in [0.5, 0.6) is 0 Å². The first-order valence-corrected chi connectivity index (χ1v) is 9.18. The number of hydrogen-bond acceptors (Lipinski definition) is 2. The fraction of sp³-hybridized carbons (Fsp3) is 0.348. The van der Waals surface area contributed by atoms with Gasteiger partial charge in [-0.1, -0.05) is 58.0 Å². The third-order valence-corrected chi connectivity index (χ3v) is 4.46. The molecule has 0 aliphatic carbocycles. The van der Waals surface area contributed by atoms with Crippen molar-refractivity contribution in [2.75, 3.05) is 24.3 Å². The standard InChI is InChI=1S/C23H30N2O/c1-16(2)20-8-7-9-21(17(3)4)23(20)24-22(26)15-12-18-10-13-19(14-11-18)25(5)6/h7-17H,1-6H3,(H,24,26)/b15-12+. The van der Waals surface area contributed by atoms with E-state index in [4.69, 9.17) is 0 Å². The Morgan fingerprint density at radius 2 is 1.46 bits per heavy atom. The predicted octanol–water partition coefficient (Wildman–Crippen LogP) is 5.65. The molecule has 0 saturated carbocycles. The van der Waals surface area contributed by atoms with E-state index in [-0.39, 0.29) is 5.91 Å². The van der Waals surface area contributed by atoms with Crippen molar-refractivity contribution >= 4 is 23.4 Å². The van der Waals surface area contributed by atoms with Crippen LogP contribution < -0.4 is 10.2 Å². The maximum Gasteiger partial charge on any atom is 0.248 e. The second-order valence-corrected chi connectivity index (χ2v) is 7.43. The van der Waals surface area contributed by atoms with Gasteiger partial charge in [0, 0.05) is 31.5 Å². The van der Waals surface area contributed by atoms with Gasteiger partial charge < -0.3 is 10.2 Å². The molecule has 0 atom stereocenters. The zero-order chi connectivity index (χ0) is 19.3. The molecule has 0 aromatic heterocycles. The first kappa shape index (κ1) is 19.8. The van der Waals surface area contributed by atoms with E-state index in [9.17, 15) is 4.79 Å². The van der Waals surface area contributed by atoms with Crippen LogP contribution in [-0.4, -0.2) is 20.0 Å². The molecule has 1 N–H and O–H groups in total. The van der Waals surface area contributed by atoms with E-state index >= 15 is 0 Å². The number of amides is 1. The normalized spacial score (nSPS) is 11.4. The van der Waals surface area contributed by atoms with Crippen molar-refractivity contribution in [1.29, 1.82) is 0 Å². The molecule has 26 heavy (non-hydrogen) atoms. The summed E-state index contributed by atoms with van der Waals surface area (Å²) in [5, 5.41) is 3.11. The van der Waals surface area contributed by atoms with Gasteiger partial charge in [-0.15, -0.1) is 0 Å². The molecule has 2 aromatic rings. The average molecular weight is 351 g/mol. The van der Waals surface area contributed by atoms with E-state index in [1.807, 2.05) is 44.4 Å². The van der Waals surface area contributed by atoms with Gasteiger partial charge in [-0.2, -0.15) is 0 Å². The number of para-hydroxylation sites is 1. The Hall–Kier alpha value is -2.55. The van der Waals surface area contributed by atoms with Crippen molar-refractivity contribution in [3.05, 3.63) is 65.2 Å². The van der Waals surface area contributed by atoms with E-state index in [0.29, 0.717) is 11.8 Å².